The van der Waals surface area contributed by atoms with Crippen molar-refractivity contribution in [2.45, 2.75) is 0 Å². The molecule has 1 aromatic heterocycles. The number of benzene rings is 3. The quantitative estimate of drug-likeness (QED) is 0.196. The van der Waals surface area contributed by atoms with Gasteiger partial charge in [-0.2, -0.15) is 0 Å². The molecule has 1 heterocycles. The SMILES string of the molecule is C=C(C(=O)Nc1cc2sc3cc(Cl)c(C(=O)OC)cc3c2cc1C(=O)O)c1ccc(OC)c(OC)c1Cl. The first kappa shape index (κ1) is 26.3. The second-order valence-electron chi connectivity index (χ2n) is 7.72. The number of carboxylic acids is 1. The third kappa shape index (κ3) is 4.69. The summed E-state index contributed by atoms with van der Waals surface area (Å²) in [6.07, 6.45) is 0. The molecule has 2 N–H and O–H groups in total. The molecule has 0 saturated carbocycles. The van der Waals surface area contributed by atoms with Gasteiger partial charge in [-0.3, -0.25) is 4.79 Å². The minimum atomic E-state index is -1.26. The van der Waals surface area contributed by atoms with Crippen molar-refractivity contribution in [3.05, 3.63) is 69.7 Å². The highest BCUT2D eigenvalue weighted by molar-refractivity contribution is 7.25. The van der Waals surface area contributed by atoms with E-state index in [1.54, 1.807) is 30.3 Å². The number of aromatic carboxylic acids is 1. The highest BCUT2D eigenvalue weighted by Gasteiger charge is 2.22. The third-order valence-corrected chi connectivity index (χ3v) is 7.47. The molecule has 0 saturated heterocycles. The molecular weight excluding hydrogens is 541 g/mol. The van der Waals surface area contributed by atoms with E-state index >= 15 is 0 Å². The fourth-order valence-corrected chi connectivity index (χ4v) is 5.63. The number of methoxy groups -OCH3 is 3. The average Bonchev–Trinajstić information content (AvgIpc) is 3.22. The number of anilines is 1. The molecule has 4 aromatic rings. The summed E-state index contributed by atoms with van der Waals surface area (Å²) in [4.78, 5) is 37.3. The number of carbonyl (C=O) groups excluding carboxylic acids is 2. The zero-order chi connectivity index (χ0) is 27.0. The van der Waals surface area contributed by atoms with Crippen LogP contribution in [0.25, 0.3) is 25.7 Å². The number of ether oxygens (including phenoxy) is 3. The molecule has 0 aliphatic rings. The molecule has 0 unspecified atom stereocenters. The Balaban J connectivity index is 1.77. The van der Waals surface area contributed by atoms with Gasteiger partial charge in [0.1, 0.15) is 0 Å². The first-order valence-corrected chi connectivity index (χ1v) is 12.1. The van der Waals surface area contributed by atoms with E-state index in [4.69, 9.17) is 37.4 Å². The number of amides is 1. The molecule has 8 nitrogen and oxygen atoms in total. The van der Waals surface area contributed by atoms with Crippen LogP contribution in [0.4, 0.5) is 5.69 Å². The number of halogens is 2. The lowest BCUT2D eigenvalue weighted by atomic mass is 10.0. The molecule has 0 aliphatic carbocycles. The molecule has 0 fully saturated rings. The van der Waals surface area contributed by atoms with E-state index < -0.39 is 17.8 Å². The number of hydrogen-bond donors (Lipinski definition) is 2. The van der Waals surface area contributed by atoms with Crippen LogP contribution in [0.5, 0.6) is 11.5 Å². The molecule has 0 bridgehead atoms. The van der Waals surface area contributed by atoms with Crippen LogP contribution in [0.2, 0.25) is 10.0 Å². The Kier molecular flexibility index (Phi) is 7.31. The van der Waals surface area contributed by atoms with E-state index in [-0.39, 0.29) is 38.2 Å². The smallest absolute Gasteiger partial charge is 0.339 e. The number of esters is 1. The number of nitrogens with one attached hydrogen (secondary N) is 1. The van der Waals surface area contributed by atoms with Crippen molar-refractivity contribution >= 4 is 83.8 Å². The van der Waals surface area contributed by atoms with Gasteiger partial charge in [0.2, 0.25) is 0 Å². The van der Waals surface area contributed by atoms with Crippen molar-refractivity contribution in [3.63, 3.8) is 0 Å². The van der Waals surface area contributed by atoms with Crippen LogP contribution in [-0.4, -0.2) is 44.3 Å². The summed E-state index contributed by atoms with van der Waals surface area (Å²) in [5, 5.41) is 14.1. The van der Waals surface area contributed by atoms with Gasteiger partial charge in [0.05, 0.1) is 48.2 Å². The van der Waals surface area contributed by atoms with Gasteiger partial charge >= 0.3 is 11.9 Å². The summed E-state index contributed by atoms with van der Waals surface area (Å²) < 4.78 is 16.7. The summed E-state index contributed by atoms with van der Waals surface area (Å²) in [7, 11) is 4.11. The first-order chi connectivity index (χ1) is 17.6. The van der Waals surface area contributed by atoms with Gasteiger partial charge in [-0.15, -0.1) is 11.3 Å². The Morgan fingerprint density at radius 1 is 0.919 bits per heavy atom. The van der Waals surface area contributed by atoms with Crippen LogP contribution in [0.15, 0.2) is 43.0 Å². The zero-order valence-electron chi connectivity index (χ0n) is 19.7. The van der Waals surface area contributed by atoms with Crippen molar-refractivity contribution in [2.24, 2.45) is 0 Å². The fraction of sp³-hybridized carbons (Fsp3) is 0.115. The molecule has 0 atom stereocenters. The van der Waals surface area contributed by atoms with Gasteiger partial charge < -0.3 is 24.6 Å². The van der Waals surface area contributed by atoms with Crippen molar-refractivity contribution in [1.82, 2.24) is 0 Å². The van der Waals surface area contributed by atoms with Gasteiger partial charge in [0.15, 0.2) is 11.5 Å². The number of rotatable bonds is 7. The molecule has 3 aromatic carbocycles. The second-order valence-corrected chi connectivity index (χ2v) is 9.59. The molecule has 190 valence electrons. The Hall–Kier alpha value is -3.79. The Morgan fingerprint density at radius 2 is 1.57 bits per heavy atom. The Labute approximate surface area is 224 Å². The number of hydrogen-bond acceptors (Lipinski definition) is 7. The fourth-order valence-electron chi connectivity index (χ4n) is 3.83. The van der Waals surface area contributed by atoms with E-state index in [0.29, 0.717) is 26.8 Å². The van der Waals surface area contributed by atoms with Gasteiger partial charge in [0.25, 0.3) is 5.91 Å². The summed E-state index contributed by atoms with van der Waals surface area (Å²) in [6.45, 7) is 3.83. The summed E-state index contributed by atoms with van der Waals surface area (Å²) in [5.41, 5.74) is 0.360. The van der Waals surface area contributed by atoms with Crippen molar-refractivity contribution in [1.29, 1.82) is 0 Å². The van der Waals surface area contributed by atoms with Crippen LogP contribution in [0.1, 0.15) is 26.3 Å². The highest BCUT2D eigenvalue weighted by atomic mass is 35.5. The topological polar surface area (TPSA) is 111 Å². The maximum atomic E-state index is 13.1. The minimum absolute atomic E-state index is 0.00627. The van der Waals surface area contributed by atoms with Gasteiger partial charge in [-0.05, 0) is 36.4 Å². The molecule has 0 radical (unpaired) electrons. The molecule has 1 amide bonds. The Bertz CT molecular complexity index is 1630. The van der Waals surface area contributed by atoms with Crippen LogP contribution in [0, 0.1) is 0 Å². The average molecular weight is 560 g/mol. The summed E-state index contributed by atoms with van der Waals surface area (Å²) in [6, 6.07) is 9.31. The lowest BCUT2D eigenvalue weighted by molar-refractivity contribution is -0.111. The van der Waals surface area contributed by atoms with E-state index in [1.807, 2.05) is 0 Å². The van der Waals surface area contributed by atoms with Gasteiger partial charge in [0, 0.05) is 31.3 Å². The molecule has 4 rings (SSSR count). The van der Waals surface area contributed by atoms with Crippen LogP contribution in [-0.2, 0) is 9.53 Å². The molecule has 37 heavy (non-hydrogen) atoms. The van der Waals surface area contributed by atoms with E-state index in [1.165, 1.54) is 38.7 Å². The molecule has 0 aliphatic heterocycles. The third-order valence-electron chi connectivity index (χ3n) is 5.67. The number of carboxylic acid groups (broad SMARTS) is 1. The van der Waals surface area contributed by atoms with Gasteiger partial charge in [-0.25, -0.2) is 9.59 Å². The molecule has 11 heteroatoms. The van der Waals surface area contributed by atoms with Crippen molar-refractivity contribution in [3.8, 4) is 11.5 Å². The summed E-state index contributed by atoms with van der Waals surface area (Å²) >= 11 is 14.0. The van der Waals surface area contributed by atoms with Crippen molar-refractivity contribution in [2.75, 3.05) is 26.6 Å². The predicted molar refractivity (Wildman–Crippen MR) is 145 cm³/mol. The first-order valence-electron chi connectivity index (χ1n) is 10.5. The monoisotopic (exact) mass is 559 g/mol. The van der Waals surface area contributed by atoms with Crippen LogP contribution in [0.3, 0.4) is 0 Å². The maximum Gasteiger partial charge on any atom is 0.339 e. The normalized spacial score (nSPS) is 10.8. The lowest BCUT2D eigenvalue weighted by Gasteiger charge is -2.15. The van der Waals surface area contributed by atoms with Crippen LogP contribution >= 0.6 is 34.5 Å². The predicted octanol–water partition coefficient (Wildman–Crippen LogP) is 6.52. The van der Waals surface area contributed by atoms with E-state index in [9.17, 15) is 19.5 Å². The van der Waals surface area contributed by atoms with Gasteiger partial charge in [-0.1, -0.05) is 29.8 Å². The second kappa shape index (κ2) is 10.3. The minimum Gasteiger partial charge on any atom is -0.493 e. The zero-order valence-corrected chi connectivity index (χ0v) is 22.1. The lowest BCUT2D eigenvalue weighted by Crippen LogP contribution is -2.16. The molecule has 0 spiro atoms. The standard InChI is InChI=1S/C26H19Cl2NO7S/c1-11(12-5-6-19(34-2)23(35-3)22(12)28)24(30)29-18-10-21-14(8-16(18)25(31)32)13-7-15(26(33)36-4)17(27)9-20(13)37-21/h5-10H,1H2,2-4H3,(H,29,30)(H,31,32). The Morgan fingerprint density at radius 3 is 2.16 bits per heavy atom. The number of carbonyl (C=O) groups is 3. The maximum absolute atomic E-state index is 13.1. The number of fused-ring (bicyclic) bond motifs is 3. The van der Waals surface area contributed by atoms with E-state index in [2.05, 4.69) is 11.9 Å². The largest absolute Gasteiger partial charge is 0.493 e. The molecular formula is C26H19Cl2NO7S. The van der Waals surface area contributed by atoms with Crippen LogP contribution < -0.4 is 14.8 Å². The van der Waals surface area contributed by atoms with Crippen molar-refractivity contribution < 1.29 is 33.7 Å². The number of thiophene rings is 1. The summed E-state index contributed by atoms with van der Waals surface area (Å²) in [5.74, 6) is -1.91. The van der Waals surface area contributed by atoms with E-state index in [0.717, 1.165) is 4.70 Å². The highest BCUT2D eigenvalue weighted by Crippen LogP contribution is 2.41.